The number of carbonyl (C=O) groups excluding carboxylic acids is 2. The van der Waals surface area contributed by atoms with Crippen molar-refractivity contribution in [3.05, 3.63) is 34.9 Å². The van der Waals surface area contributed by atoms with E-state index in [0.717, 1.165) is 5.06 Å². The Balaban J connectivity index is 2.71. The van der Waals surface area contributed by atoms with E-state index in [9.17, 15) is 9.59 Å². The van der Waals surface area contributed by atoms with Gasteiger partial charge >= 0.3 is 0 Å². The van der Waals surface area contributed by atoms with Crippen LogP contribution in [0, 0.1) is 0 Å². The summed E-state index contributed by atoms with van der Waals surface area (Å²) in [6.45, 7) is 1.58. The van der Waals surface area contributed by atoms with E-state index in [1.807, 2.05) is 0 Å². The standard InChI is InChI=1S/C12H15ClN2O3/c1-8(12(17)15(2)18-3)14-11(16)9-6-4-5-7-10(9)13/h4-8H,1-3H3,(H,14,16). The van der Waals surface area contributed by atoms with E-state index >= 15 is 0 Å². The van der Waals surface area contributed by atoms with Crippen LogP contribution in [-0.4, -0.2) is 37.1 Å². The number of hydrogen-bond donors (Lipinski definition) is 1. The third kappa shape index (κ3) is 3.45. The number of halogens is 1. The minimum absolute atomic E-state index is 0.332. The second-order valence-corrected chi connectivity index (χ2v) is 4.10. The summed E-state index contributed by atoms with van der Waals surface area (Å²) in [6, 6.07) is 5.94. The molecule has 0 aromatic heterocycles. The first-order chi connectivity index (χ1) is 8.47. The summed E-state index contributed by atoms with van der Waals surface area (Å²) >= 11 is 5.89. The smallest absolute Gasteiger partial charge is 0.268 e. The van der Waals surface area contributed by atoms with Crippen molar-refractivity contribution in [3.8, 4) is 0 Å². The first kappa shape index (κ1) is 14.5. The van der Waals surface area contributed by atoms with Gasteiger partial charge < -0.3 is 5.32 Å². The lowest BCUT2D eigenvalue weighted by molar-refractivity contribution is -0.170. The molecule has 0 aliphatic heterocycles. The molecule has 1 atom stereocenters. The highest BCUT2D eigenvalue weighted by Crippen LogP contribution is 2.14. The van der Waals surface area contributed by atoms with Crippen molar-refractivity contribution in [3.63, 3.8) is 0 Å². The van der Waals surface area contributed by atoms with Crippen molar-refractivity contribution in [2.24, 2.45) is 0 Å². The average molecular weight is 271 g/mol. The molecule has 1 aromatic rings. The quantitative estimate of drug-likeness (QED) is 0.843. The van der Waals surface area contributed by atoms with Crippen molar-refractivity contribution in [2.45, 2.75) is 13.0 Å². The summed E-state index contributed by atoms with van der Waals surface area (Å²) in [5.41, 5.74) is 0.332. The molecule has 0 bridgehead atoms. The number of benzene rings is 1. The van der Waals surface area contributed by atoms with Crippen LogP contribution in [0.1, 0.15) is 17.3 Å². The first-order valence-electron chi connectivity index (χ1n) is 5.34. The summed E-state index contributed by atoms with van der Waals surface area (Å²) in [4.78, 5) is 28.3. The largest absolute Gasteiger partial charge is 0.340 e. The van der Waals surface area contributed by atoms with Gasteiger partial charge in [0.05, 0.1) is 17.7 Å². The highest BCUT2D eigenvalue weighted by Gasteiger charge is 2.20. The Morgan fingerprint density at radius 1 is 1.39 bits per heavy atom. The van der Waals surface area contributed by atoms with Gasteiger partial charge in [0.15, 0.2) is 0 Å². The molecule has 1 unspecified atom stereocenters. The van der Waals surface area contributed by atoms with E-state index in [0.29, 0.717) is 10.6 Å². The highest BCUT2D eigenvalue weighted by molar-refractivity contribution is 6.33. The minimum Gasteiger partial charge on any atom is -0.340 e. The Morgan fingerprint density at radius 2 is 2.00 bits per heavy atom. The monoisotopic (exact) mass is 270 g/mol. The molecule has 98 valence electrons. The van der Waals surface area contributed by atoms with Crippen LogP contribution in [-0.2, 0) is 9.63 Å². The molecule has 5 nitrogen and oxygen atoms in total. The van der Waals surface area contributed by atoms with Gasteiger partial charge in [-0.05, 0) is 19.1 Å². The normalized spacial score (nSPS) is 11.8. The number of nitrogens with zero attached hydrogens (tertiary/aromatic N) is 1. The summed E-state index contributed by atoms with van der Waals surface area (Å²) in [6.07, 6.45) is 0. The molecule has 0 spiro atoms. The molecule has 1 N–H and O–H groups in total. The maximum atomic E-state index is 11.9. The van der Waals surface area contributed by atoms with Gasteiger partial charge in [-0.25, -0.2) is 5.06 Å². The van der Waals surface area contributed by atoms with Crippen molar-refractivity contribution in [2.75, 3.05) is 14.2 Å². The fraction of sp³-hybridized carbons (Fsp3) is 0.333. The van der Waals surface area contributed by atoms with Gasteiger partial charge in [-0.15, -0.1) is 0 Å². The van der Waals surface area contributed by atoms with Crippen molar-refractivity contribution in [1.82, 2.24) is 10.4 Å². The van der Waals surface area contributed by atoms with Gasteiger partial charge in [-0.2, -0.15) is 0 Å². The lowest BCUT2D eigenvalue weighted by Gasteiger charge is -2.19. The van der Waals surface area contributed by atoms with Crippen molar-refractivity contribution >= 4 is 23.4 Å². The Morgan fingerprint density at radius 3 is 2.56 bits per heavy atom. The first-order valence-corrected chi connectivity index (χ1v) is 5.72. The Kier molecular flexibility index (Phi) is 5.12. The predicted molar refractivity (Wildman–Crippen MR) is 68.2 cm³/mol. The van der Waals surface area contributed by atoms with E-state index in [2.05, 4.69) is 5.32 Å². The van der Waals surface area contributed by atoms with E-state index in [4.69, 9.17) is 16.4 Å². The number of hydroxylamine groups is 2. The van der Waals surface area contributed by atoms with Gasteiger partial charge in [0, 0.05) is 7.05 Å². The number of hydrogen-bond acceptors (Lipinski definition) is 3. The molecule has 0 fully saturated rings. The summed E-state index contributed by atoms with van der Waals surface area (Å²) in [5.74, 6) is -0.746. The molecule has 0 aliphatic carbocycles. The number of likely N-dealkylation sites (N-methyl/N-ethyl adjacent to an activating group) is 1. The summed E-state index contributed by atoms with van der Waals surface area (Å²) < 4.78 is 0. The zero-order valence-electron chi connectivity index (χ0n) is 10.4. The summed E-state index contributed by atoms with van der Waals surface area (Å²) in [7, 11) is 2.85. The van der Waals surface area contributed by atoms with E-state index in [-0.39, 0.29) is 5.91 Å². The van der Waals surface area contributed by atoms with Crippen LogP contribution in [0.2, 0.25) is 5.02 Å². The fourth-order valence-electron chi connectivity index (χ4n) is 1.34. The Bertz CT molecular complexity index is 451. The van der Waals surface area contributed by atoms with E-state index in [1.165, 1.54) is 14.2 Å². The fourth-order valence-corrected chi connectivity index (χ4v) is 1.57. The molecule has 0 aliphatic rings. The third-order valence-corrected chi connectivity index (χ3v) is 2.75. The van der Waals surface area contributed by atoms with Crippen LogP contribution in [0.5, 0.6) is 0 Å². The lowest BCUT2D eigenvalue weighted by atomic mass is 10.2. The highest BCUT2D eigenvalue weighted by atomic mass is 35.5. The van der Waals surface area contributed by atoms with Crippen LogP contribution in [0.25, 0.3) is 0 Å². The van der Waals surface area contributed by atoms with Crippen molar-refractivity contribution < 1.29 is 14.4 Å². The minimum atomic E-state index is -0.696. The van der Waals surface area contributed by atoms with Gasteiger partial charge in [0.2, 0.25) is 0 Å². The molecule has 0 saturated carbocycles. The zero-order chi connectivity index (χ0) is 13.7. The number of amides is 2. The molecule has 1 aromatic carbocycles. The van der Waals surface area contributed by atoms with Crippen LogP contribution in [0.4, 0.5) is 0 Å². The Hall–Kier alpha value is -1.59. The molecule has 6 heteroatoms. The maximum absolute atomic E-state index is 11.9. The number of carbonyl (C=O) groups is 2. The second-order valence-electron chi connectivity index (χ2n) is 3.69. The molecular formula is C12H15ClN2O3. The maximum Gasteiger partial charge on any atom is 0.268 e. The van der Waals surface area contributed by atoms with E-state index < -0.39 is 11.9 Å². The van der Waals surface area contributed by atoms with Crippen LogP contribution in [0.15, 0.2) is 24.3 Å². The van der Waals surface area contributed by atoms with Gasteiger partial charge in [0.25, 0.3) is 11.8 Å². The van der Waals surface area contributed by atoms with Crippen LogP contribution < -0.4 is 5.32 Å². The van der Waals surface area contributed by atoms with Crippen LogP contribution in [0.3, 0.4) is 0 Å². The SMILES string of the molecule is CON(C)C(=O)C(C)NC(=O)c1ccccc1Cl. The number of nitrogens with one attached hydrogen (secondary N) is 1. The van der Waals surface area contributed by atoms with E-state index in [1.54, 1.807) is 31.2 Å². The number of rotatable bonds is 4. The topological polar surface area (TPSA) is 58.6 Å². The molecule has 1 rings (SSSR count). The van der Waals surface area contributed by atoms with Crippen molar-refractivity contribution in [1.29, 1.82) is 0 Å². The lowest BCUT2D eigenvalue weighted by Crippen LogP contribution is -2.45. The van der Waals surface area contributed by atoms with Gasteiger partial charge in [0.1, 0.15) is 6.04 Å². The average Bonchev–Trinajstić information content (AvgIpc) is 2.37. The third-order valence-electron chi connectivity index (χ3n) is 2.42. The second kappa shape index (κ2) is 6.37. The molecule has 0 saturated heterocycles. The predicted octanol–water partition coefficient (Wildman–Crippen LogP) is 1.48. The van der Waals surface area contributed by atoms with Gasteiger partial charge in [-0.1, -0.05) is 23.7 Å². The van der Waals surface area contributed by atoms with Gasteiger partial charge in [-0.3, -0.25) is 14.4 Å². The zero-order valence-corrected chi connectivity index (χ0v) is 11.2. The Labute approximate surface area is 111 Å². The molecule has 0 radical (unpaired) electrons. The summed E-state index contributed by atoms with van der Waals surface area (Å²) in [5, 5.41) is 3.95. The van der Waals surface area contributed by atoms with Crippen LogP contribution >= 0.6 is 11.6 Å². The molecule has 18 heavy (non-hydrogen) atoms. The molecule has 2 amide bonds. The molecular weight excluding hydrogens is 256 g/mol. The molecule has 0 heterocycles.